The molecule has 0 bridgehead atoms. The van der Waals surface area contributed by atoms with Crippen LogP contribution in [0.1, 0.15) is 78.1 Å². The number of pyridine rings is 1. The maximum atomic E-state index is 4.68. The number of aryl methyl sites for hydroxylation is 1. The molecule has 2 aliphatic carbocycles. The molecule has 0 radical (unpaired) electrons. The highest BCUT2D eigenvalue weighted by Gasteiger charge is 2.36. The lowest BCUT2D eigenvalue weighted by atomic mass is 9.77. The molecule has 8 aromatic carbocycles. The number of hydrogen-bond acceptors (Lipinski definition) is 1. The van der Waals surface area contributed by atoms with Crippen molar-refractivity contribution < 1.29 is 0 Å². The topological polar surface area (TPSA) is 17.8 Å². The van der Waals surface area contributed by atoms with Crippen molar-refractivity contribution in [2.75, 3.05) is 0 Å². The monoisotopic (exact) mass is 808 g/mol. The van der Waals surface area contributed by atoms with Gasteiger partial charge < -0.3 is 4.57 Å². The molecule has 0 fully saturated rings. The van der Waals surface area contributed by atoms with Crippen molar-refractivity contribution in [2.24, 2.45) is 0 Å². The van der Waals surface area contributed by atoms with E-state index in [0.29, 0.717) is 0 Å². The first-order valence-corrected chi connectivity index (χ1v) is 22.5. The SMILES string of the molecule is Cc1cc2c(-c3ccc4c(c3)C(C)(C)c3cc(-n5c6ccccc6c6ccccc65)ccc3-4)c3ccccc3c(C3C=CC(c4ccccn4)=CC3)c2cc1C(C)c1ccccc1. The van der Waals surface area contributed by atoms with Gasteiger partial charge in [-0.1, -0.05) is 160 Å². The van der Waals surface area contributed by atoms with Gasteiger partial charge in [0.25, 0.3) is 0 Å². The Morgan fingerprint density at radius 2 is 1.25 bits per heavy atom. The van der Waals surface area contributed by atoms with Gasteiger partial charge in [-0.05, 0) is 145 Å². The Balaban J connectivity index is 1.04. The Kier molecular flexibility index (Phi) is 8.56. The number of aromatic nitrogens is 2. The summed E-state index contributed by atoms with van der Waals surface area (Å²) < 4.78 is 2.45. The Morgan fingerprint density at radius 1 is 0.603 bits per heavy atom. The highest BCUT2D eigenvalue weighted by molar-refractivity contribution is 6.16. The first-order chi connectivity index (χ1) is 30.8. The summed E-state index contributed by atoms with van der Waals surface area (Å²) in [5, 5.41) is 7.86. The van der Waals surface area contributed by atoms with Crippen molar-refractivity contribution in [1.29, 1.82) is 0 Å². The molecule has 2 aliphatic rings. The van der Waals surface area contributed by atoms with E-state index >= 15 is 0 Å². The fraction of sp³-hybridized carbons (Fsp3) is 0.131. The summed E-state index contributed by atoms with van der Waals surface area (Å²) in [7, 11) is 0. The first-order valence-electron chi connectivity index (χ1n) is 22.5. The molecule has 0 saturated heterocycles. The predicted octanol–water partition coefficient (Wildman–Crippen LogP) is 16.0. The second-order valence-corrected chi connectivity index (χ2v) is 18.3. The molecule has 12 rings (SSSR count). The van der Waals surface area contributed by atoms with E-state index in [4.69, 9.17) is 0 Å². The Bertz CT molecular complexity index is 3470. The Morgan fingerprint density at radius 3 is 1.95 bits per heavy atom. The van der Waals surface area contributed by atoms with Crippen molar-refractivity contribution in [1.82, 2.24) is 9.55 Å². The molecule has 0 saturated carbocycles. The summed E-state index contributed by atoms with van der Waals surface area (Å²) in [5.74, 6) is 0.473. The summed E-state index contributed by atoms with van der Waals surface area (Å²) in [6.07, 6.45) is 9.90. The average Bonchev–Trinajstić information content (AvgIpc) is 3.78. The van der Waals surface area contributed by atoms with Crippen LogP contribution in [0.2, 0.25) is 0 Å². The zero-order valence-electron chi connectivity index (χ0n) is 36.2. The third-order valence-electron chi connectivity index (χ3n) is 14.4. The molecule has 2 heteroatoms. The van der Waals surface area contributed by atoms with Gasteiger partial charge in [0.15, 0.2) is 0 Å². The van der Waals surface area contributed by atoms with Crippen molar-refractivity contribution in [3.8, 4) is 27.9 Å². The highest BCUT2D eigenvalue weighted by atomic mass is 15.0. The molecular weight excluding hydrogens is 761 g/mol. The summed E-state index contributed by atoms with van der Waals surface area (Å²) >= 11 is 0. The van der Waals surface area contributed by atoms with Crippen molar-refractivity contribution >= 4 is 48.9 Å². The van der Waals surface area contributed by atoms with Gasteiger partial charge in [0.2, 0.25) is 0 Å². The van der Waals surface area contributed by atoms with Crippen LogP contribution in [0.4, 0.5) is 0 Å². The predicted molar refractivity (Wildman–Crippen MR) is 266 cm³/mol. The number of rotatable bonds is 6. The zero-order chi connectivity index (χ0) is 42.4. The first kappa shape index (κ1) is 37.5. The highest BCUT2D eigenvalue weighted by Crippen LogP contribution is 2.53. The zero-order valence-corrected chi connectivity index (χ0v) is 36.2. The minimum atomic E-state index is -0.209. The number of hydrogen-bond donors (Lipinski definition) is 0. The molecule has 63 heavy (non-hydrogen) atoms. The van der Waals surface area contributed by atoms with E-state index in [0.717, 1.165) is 12.1 Å². The molecular formula is C61H48N2. The van der Waals surface area contributed by atoms with Crippen LogP contribution in [-0.4, -0.2) is 9.55 Å². The maximum absolute atomic E-state index is 4.68. The van der Waals surface area contributed by atoms with E-state index in [-0.39, 0.29) is 17.3 Å². The standard InChI is InChI=1S/C61H48N2/c1-38-34-52-53(37-51(38)39(2)40-16-6-5-7-17-40)59(42-27-25-41(26-28-42)56-22-14-15-33-62-56)49-20-8-9-21-50(49)60(52)43-29-31-45-46-32-30-44(36-55(46)61(3,4)54(45)35-43)63-57-23-12-10-18-47(57)48-19-11-13-24-58(48)63/h5-27,29-37,39,42H,28H2,1-4H3. The summed E-state index contributed by atoms with van der Waals surface area (Å²) in [6, 6.07) is 63.4. The molecule has 0 amide bonds. The van der Waals surface area contributed by atoms with Gasteiger partial charge in [0.05, 0.1) is 16.7 Å². The second-order valence-electron chi connectivity index (χ2n) is 18.3. The maximum Gasteiger partial charge on any atom is 0.0698 e. The quantitative estimate of drug-likeness (QED) is 0.153. The van der Waals surface area contributed by atoms with E-state index in [1.807, 2.05) is 12.3 Å². The van der Waals surface area contributed by atoms with Crippen molar-refractivity contribution in [3.05, 3.63) is 233 Å². The van der Waals surface area contributed by atoms with Gasteiger partial charge in [-0.25, -0.2) is 0 Å². The molecule has 10 aromatic rings. The van der Waals surface area contributed by atoms with E-state index < -0.39 is 0 Å². The number of fused-ring (bicyclic) bond motifs is 8. The van der Waals surface area contributed by atoms with Crippen LogP contribution in [0.5, 0.6) is 0 Å². The summed E-state index contributed by atoms with van der Waals surface area (Å²) in [4.78, 5) is 4.68. The van der Waals surface area contributed by atoms with Crippen LogP contribution in [-0.2, 0) is 5.41 Å². The minimum absolute atomic E-state index is 0.209. The molecule has 2 unspecified atom stereocenters. The average molecular weight is 809 g/mol. The normalized spacial score (nSPS) is 15.8. The van der Waals surface area contributed by atoms with Gasteiger partial charge in [-0.2, -0.15) is 0 Å². The van der Waals surface area contributed by atoms with E-state index in [2.05, 4.69) is 219 Å². The number of benzene rings is 8. The van der Waals surface area contributed by atoms with Crippen LogP contribution < -0.4 is 0 Å². The lowest BCUT2D eigenvalue weighted by Crippen LogP contribution is -2.15. The lowest BCUT2D eigenvalue weighted by Gasteiger charge is -2.26. The van der Waals surface area contributed by atoms with Crippen molar-refractivity contribution in [3.63, 3.8) is 0 Å². The second kappa shape index (κ2) is 14.4. The molecule has 2 nitrogen and oxygen atoms in total. The summed E-state index contributed by atoms with van der Waals surface area (Å²) in [6.45, 7) is 9.51. The number of nitrogens with zero attached hydrogens (tertiary/aromatic N) is 2. The van der Waals surface area contributed by atoms with Gasteiger partial charge in [0.1, 0.15) is 0 Å². The number of allylic oxidation sites excluding steroid dienone is 4. The van der Waals surface area contributed by atoms with Crippen LogP contribution in [0.3, 0.4) is 0 Å². The fourth-order valence-corrected chi connectivity index (χ4v) is 11.3. The Labute approximate surface area is 369 Å². The molecule has 0 spiro atoms. The summed E-state index contributed by atoms with van der Waals surface area (Å²) in [5.41, 5.74) is 19.1. The largest absolute Gasteiger partial charge is 0.309 e. The fourth-order valence-electron chi connectivity index (χ4n) is 11.3. The van der Waals surface area contributed by atoms with Gasteiger partial charge >= 0.3 is 0 Å². The molecule has 0 N–H and O–H groups in total. The van der Waals surface area contributed by atoms with Gasteiger partial charge in [-0.3, -0.25) is 4.98 Å². The van der Waals surface area contributed by atoms with Crippen LogP contribution >= 0.6 is 0 Å². The molecule has 302 valence electrons. The minimum Gasteiger partial charge on any atom is -0.309 e. The smallest absolute Gasteiger partial charge is 0.0698 e. The molecule has 2 aromatic heterocycles. The molecule has 0 aliphatic heterocycles. The van der Waals surface area contributed by atoms with Crippen LogP contribution in [0.15, 0.2) is 194 Å². The van der Waals surface area contributed by atoms with Gasteiger partial charge in [-0.15, -0.1) is 0 Å². The lowest BCUT2D eigenvalue weighted by molar-refractivity contribution is 0.660. The third kappa shape index (κ3) is 5.81. The van der Waals surface area contributed by atoms with Crippen LogP contribution in [0.25, 0.3) is 76.9 Å². The Hall–Kier alpha value is -7.29. The van der Waals surface area contributed by atoms with E-state index in [1.165, 1.54) is 110 Å². The number of para-hydroxylation sites is 2. The van der Waals surface area contributed by atoms with Crippen LogP contribution in [0, 0.1) is 6.92 Å². The molecule has 2 atom stereocenters. The third-order valence-corrected chi connectivity index (χ3v) is 14.4. The van der Waals surface area contributed by atoms with E-state index in [9.17, 15) is 0 Å². The van der Waals surface area contributed by atoms with Gasteiger partial charge in [0, 0.05) is 39.9 Å². The van der Waals surface area contributed by atoms with Crippen molar-refractivity contribution in [2.45, 2.75) is 51.4 Å². The molecule has 2 heterocycles. The van der Waals surface area contributed by atoms with E-state index in [1.54, 1.807) is 0 Å².